The largest absolute Gasteiger partial charge is 0.392 e. The van der Waals surface area contributed by atoms with E-state index in [-0.39, 0.29) is 25.4 Å². The number of likely N-dealkylation sites (N-methyl/N-ethyl adjacent to an activating group) is 1. The summed E-state index contributed by atoms with van der Waals surface area (Å²) in [5, 5.41) is 11.7. The van der Waals surface area contributed by atoms with E-state index >= 15 is 0 Å². The van der Waals surface area contributed by atoms with E-state index in [1.165, 1.54) is 0 Å². The van der Waals surface area contributed by atoms with Crippen molar-refractivity contribution in [1.82, 2.24) is 10.2 Å². The van der Waals surface area contributed by atoms with E-state index in [2.05, 4.69) is 16.8 Å². The van der Waals surface area contributed by atoms with Gasteiger partial charge in [0.05, 0.1) is 18.8 Å². The van der Waals surface area contributed by atoms with Gasteiger partial charge in [-0.1, -0.05) is 66.7 Å². The van der Waals surface area contributed by atoms with Gasteiger partial charge in [-0.3, -0.25) is 4.79 Å². The highest BCUT2D eigenvalue weighted by Crippen LogP contribution is 2.39. The quantitative estimate of drug-likeness (QED) is 0.0781. The zero-order valence-electron chi connectivity index (χ0n) is 25.5. The molecule has 2 N–H and O–H groups in total. The number of amides is 1. The molecule has 3 unspecified atom stereocenters. The van der Waals surface area contributed by atoms with E-state index in [0.717, 1.165) is 27.8 Å². The lowest BCUT2D eigenvalue weighted by Crippen LogP contribution is -2.37. The topological polar surface area (TPSA) is 71.0 Å². The number of aliphatic hydroxyl groups excluding tert-OH is 1. The normalized spacial score (nSPS) is 17.9. The lowest BCUT2D eigenvalue weighted by Gasteiger charge is -2.37. The Morgan fingerprint density at radius 3 is 2.17 bits per heavy atom. The second-order valence-electron chi connectivity index (χ2n) is 11.3. The van der Waals surface area contributed by atoms with Crippen molar-refractivity contribution in [3.05, 3.63) is 142 Å². The molecule has 0 aliphatic carbocycles. The predicted molar refractivity (Wildman–Crippen MR) is 165 cm³/mol. The zero-order chi connectivity index (χ0) is 33.7. The van der Waals surface area contributed by atoms with Crippen LogP contribution in [0.15, 0.2) is 85.5 Å². The van der Waals surface area contributed by atoms with Crippen molar-refractivity contribution in [2.45, 2.75) is 38.1 Å². The number of hydrogen-bond acceptors (Lipinski definition) is 5. The van der Waals surface area contributed by atoms with Crippen molar-refractivity contribution in [3.63, 3.8) is 0 Å². The van der Waals surface area contributed by atoms with Gasteiger partial charge in [0.15, 0.2) is 29.6 Å². The minimum atomic E-state index is -2.33. The molecule has 3 atom stereocenters. The van der Waals surface area contributed by atoms with Crippen LogP contribution in [0.4, 0.5) is 22.0 Å². The third kappa shape index (κ3) is 7.77. The van der Waals surface area contributed by atoms with Gasteiger partial charge in [-0.25, -0.2) is 22.0 Å². The van der Waals surface area contributed by atoms with Gasteiger partial charge in [-0.2, -0.15) is 0 Å². The smallest absolute Gasteiger partial charge is 0.257 e. The first kappa shape index (κ1) is 33.9. The number of nitrogens with zero attached hydrogens (tertiary/aromatic N) is 1. The fourth-order valence-corrected chi connectivity index (χ4v) is 5.48. The van der Waals surface area contributed by atoms with E-state index in [0.29, 0.717) is 25.1 Å². The molecule has 0 radical (unpaired) electrons. The fraction of sp³-hybridized carbons (Fsp3) is 0.250. The van der Waals surface area contributed by atoms with Gasteiger partial charge in [0.1, 0.15) is 5.56 Å². The van der Waals surface area contributed by atoms with Crippen LogP contribution in [0.5, 0.6) is 0 Å². The average Bonchev–Trinajstić information content (AvgIpc) is 3.09. The number of aliphatic hydroxyl groups is 1. The molecule has 246 valence electrons. The summed E-state index contributed by atoms with van der Waals surface area (Å²) in [7, 11) is 1.99. The molecule has 1 aliphatic heterocycles. The number of benzene rings is 4. The number of ether oxygens (including phenoxy) is 2. The van der Waals surface area contributed by atoms with Crippen LogP contribution in [0.25, 0.3) is 11.1 Å². The standard InChI is InChI=1S/C36H33F5N2O4/c1-3-14-43(2)19-27-17-28(23-12-10-21(20-44)11-13-23)47-36(46-27)26-9-5-8-25(16-26)24-7-4-6-22(15-24)18-42-35(45)29-30(37)32(39)34(41)33(40)31(29)38/h3-13,15-16,27-28,36,44H,1,14,17-20H2,2H3,(H,42,45). The minimum absolute atomic E-state index is 0.0573. The highest BCUT2D eigenvalue weighted by atomic mass is 19.2. The van der Waals surface area contributed by atoms with E-state index in [1.54, 1.807) is 18.2 Å². The number of nitrogens with one attached hydrogen (secondary N) is 1. The number of halogens is 5. The molecule has 0 bridgehead atoms. The molecule has 4 aromatic rings. The molecule has 11 heteroatoms. The Kier molecular flexibility index (Phi) is 10.8. The van der Waals surface area contributed by atoms with Gasteiger partial charge in [0, 0.05) is 31.6 Å². The maximum atomic E-state index is 14.1. The third-order valence-corrected chi connectivity index (χ3v) is 7.88. The average molecular weight is 653 g/mol. The highest BCUT2D eigenvalue weighted by Gasteiger charge is 2.33. The van der Waals surface area contributed by atoms with Crippen LogP contribution in [-0.2, 0) is 22.6 Å². The summed E-state index contributed by atoms with van der Waals surface area (Å²) in [6.07, 6.45) is 1.32. The lowest BCUT2D eigenvalue weighted by atomic mass is 9.98. The van der Waals surface area contributed by atoms with E-state index < -0.39 is 46.8 Å². The molecule has 6 nitrogen and oxygen atoms in total. The predicted octanol–water partition coefficient (Wildman–Crippen LogP) is 7.13. The summed E-state index contributed by atoms with van der Waals surface area (Å²) in [4.78, 5) is 14.6. The zero-order valence-corrected chi connectivity index (χ0v) is 25.5. The first-order chi connectivity index (χ1) is 22.6. The highest BCUT2D eigenvalue weighted by molar-refractivity contribution is 5.94. The van der Waals surface area contributed by atoms with Gasteiger partial charge in [-0.05, 0) is 47.0 Å². The van der Waals surface area contributed by atoms with Crippen molar-refractivity contribution in [3.8, 4) is 11.1 Å². The fourth-order valence-electron chi connectivity index (χ4n) is 5.48. The Morgan fingerprint density at radius 1 is 0.872 bits per heavy atom. The van der Waals surface area contributed by atoms with Crippen molar-refractivity contribution in [2.75, 3.05) is 20.1 Å². The molecule has 4 aromatic carbocycles. The molecule has 1 heterocycles. The van der Waals surface area contributed by atoms with Crippen LogP contribution in [-0.4, -0.2) is 42.2 Å². The van der Waals surface area contributed by atoms with E-state index in [9.17, 15) is 31.9 Å². The number of rotatable bonds is 11. The second kappa shape index (κ2) is 15.0. The Hall–Kier alpha value is -4.42. The summed E-state index contributed by atoms with van der Waals surface area (Å²) in [5.41, 5.74) is 3.03. The second-order valence-corrected chi connectivity index (χ2v) is 11.3. The van der Waals surface area contributed by atoms with Gasteiger partial charge in [0.25, 0.3) is 5.91 Å². The van der Waals surface area contributed by atoms with Gasteiger partial charge in [-0.15, -0.1) is 6.58 Å². The van der Waals surface area contributed by atoms with Crippen LogP contribution in [0.2, 0.25) is 0 Å². The summed E-state index contributed by atoms with van der Waals surface area (Å²) in [6, 6.07) is 22.1. The SMILES string of the molecule is C=CCN(C)CC1CC(c2ccc(CO)cc2)OC(c2cccc(-c3cccc(CNC(=O)c4c(F)c(F)c(F)c(F)c4F)c3)c2)O1. The molecule has 1 amide bonds. The maximum absolute atomic E-state index is 14.1. The van der Waals surface area contributed by atoms with Crippen molar-refractivity contribution < 1.29 is 41.3 Å². The van der Waals surface area contributed by atoms with Crippen LogP contribution < -0.4 is 5.32 Å². The van der Waals surface area contributed by atoms with E-state index in [1.807, 2.05) is 67.7 Å². The third-order valence-electron chi connectivity index (χ3n) is 7.88. The molecular formula is C36H33F5N2O4. The summed E-state index contributed by atoms with van der Waals surface area (Å²) in [5.74, 6) is -12.6. The van der Waals surface area contributed by atoms with Crippen LogP contribution in [0.1, 0.15) is 51.4 Å². The van der Waals surface area contributed by atoms with Gasteiger partial charge >= 0.3 is 0 Å². The van der Waals surface area contributed by atoms with E-state index in [4.69, 9.17) is 9.47 Å². The van der Waals surface area contributed by atoms with Gasteiger partial charge < -0.3 is 24.8 Å². The molecule has 47 heavy (non-hydrogen) atoms. The number of hydrogen-bond donors (Lipinski definition) is 2. The Balaban J connectivity index is 1.35. The Labute approximate surface area is 269 Å². The van der Waals surface area contributed by atoms with Crippen LogP contribution in [0.3, 0.4) is 0 Å². The summed E-state index contributed by atoms with van der Waals surface area (Å²) >= 11 is 0. The molecule has 1 aliphatic rings. The van der Waals surface area contributed by atoms with Crippen LogP contribution in [0, 0.1) is 29.1 Å². The molecule has 0 spiro atoms. The molecule has 0 saturated carbocycles. The molecule has 5 rings (SSSR count). The lowest BCUT2D eigenvalue weighted by molar-refractivity contribution is -0.252. The number of carbonyl (C=O) groups is 1. The summed E-state index contributed by atoms with van der Waals surface area (Å²) in [6.45, 7) is 4.85. The Morgan fingerprint density at radius 2 is 1.51 bits per heavy atom. The van der Waals surface area contributed by atoms with Crippen molar-refractivity contribution in [1.29, 1.82) is 0 Å². The first-order valence-electron chi connectivity index (χ1n) is 14.9. The van der Waals surface area contributed by atoms with Crippen molar-refractivity contribution in [2.24, 2.45) is 0 Å². The summed E-state index contributed by atoms with van der Waals surface area (Å²) < 4.78 is 81.7. The van der Waals surface area contributed by atoms with Gasteiger partial charge in [0.2, 0.25) is 5.82 Å². The molecular weight excluding hydrogens is 619 g/mol. The van der Waals surface area contributed by atoms with Crippen LogP contribution >= 0.6 is 0 Å². The minimum Gasteiger partial charge on any atom is -0.392 e. The van der Waals surface area contributed by atoms with Crippen molar-refractivity contribution >= 4 is 5.91 Å². The maximum Gasteiger partial charge on any atom is 0.257 e. The Bertz CT molecular complexity index is 1720. The first-order valence-corrected chi connectivity index (χ1v) is 14.9. The number of carbonyl (C=O) groups excluding carboxylic acids is 1. The molecule has 1 fully saturated rings. The molecule has 0 aromatic heterocycles. The molecule has 1 saturated heterocycles. The monoisotopic (exact) mass is 652 g/mol.